The van der Waals surface area contributed by atoms with E-state index < -0.39 is 10.0 Å². The molecule has 0 aliphatic rings. The van der Waals surface area contributed by atoms with Crippen molar-refractivity contribution in [2.45, 2.75) is 31.7 Å². The second-order valence-corrected chi connectivity index (χ2v) is 6.40. The highest BCUT2D eigenvalue weighted by atomic mass is 35.5. The number of hydrogen-bond acceptors (Lipinski definition) is 4. The van der Waals surface area contributed by atoms with E-state index in [1.807, 2.05) is 20.8 Å². The molecule has 1 heterocycles. The van der Waals surface area contributed by atoms with Gasteiger partial charge in [0.15, 0.2) is 0 Å². The molecule has 5 nitrogen and oxygen atoms in total. The zero-order valence-corrected chi connectivity index (χ0v) is 13.0. The van der Waals surface area contributed by atoms with E-state index in [1.165, 1.54) is 18.5 Å². The van der Waals surface area contributed by atoms with Crippen molar-refractivity contribution in [3.63, 3.8) is 0 Å². The molecule has 0 saturated heterocycles. The summed E-state index contributed by atoms with van der Waals surface area (Å²) >= 11 is 5.88. The SMILES string of the molecule is CCN(CC)CC(C)NS(=O)(=O)c1cnccc1Cl. The van der Waals surface area contributed by atoms with Crippen molar-refractivity contribution in [3.05, 3.63) is 23.5 Å². The smallest absolute Gasteiger partial charge is 0.243 e. The molecule has 0 aliphatic heterocycles. The summed E-state index contributed by atoms with van der Waals surface area (Å²) in [4.78, 5) is 5.97. The number of nitrogens with zero attached hydrogens (tertiary/aromatic N) is 2. The number of likely N-dealkylation sites (N-methyl/N-ethyl adjacent to an activating group) is 1. The maximum Gasteiger partial charge on any atom is 0.243 e. The normalized spacial score (nSPS) is 13.7. The first-order chi connectivity index (χ1) is 8.90. The van der Waals surface area contributed by atoms with Crippen LogP contribution in [0.3, 0.4) is 0 Å². The van der Waals surface area contributed by atoms with Gasteiger partial charge in [-0.2, -0.15) is 0 Å². The third-order valence-electron chi connectivity index (χ3n) is 2.81. The van der Waals surface area contributed by atoms with E-state index in [2.05, 4.69) is 14.6 Å². The fourth-order valence-corrected chi connectivity index (χ4v) is 3.46. The standard InChI is InChI=1S/C12H20ClN3O2S/c1-4-16(5-2)9-10(3)15-19(17,18)12-8-14-7-6-11(12)13/h6-8,10,15H,4-5,9H2,1-3H3. The predicted molar refractivity (Wildman–Crippen MR) is 76.8 cm³/mol. The first-order valence-corrected chi connectivity index (χ1v) is 8.11. The lowest BCUT2D eigenvalue weighted by atomic mass is 10.3. The maximum absolute atomic E-state index is 12.2. The van der Waals surface area contributed by atoms with E-state index in [0.29, 0.717) is 6.54 Å². The summed E-state index contributed by atoms with van der Waals surface area (Å²) in [7, 11) is -3.62. The molecule has 1 N–H and O–H groups in total. The summed E-state index contributed by atoms with van der Waals surface area (Å²) in [5, 5.41) is 0.178. The molecule has 0 bridgehead atoms. The van der Waals surface area contributed by atoms with Gasteiger partial charge in [0.25, 0.3) is 0 Å². The van der Waals surface area contributed by atoms with Crippen LogP contribution in [0.5, 0.6) is 0 Å². The second kappa shape index (κ2) is 7.19. The topological polar surface area (TPSA) is 62.3 Å². The molecule has 19 heavy (non-hydrogen) atoms. The quantitative estimate of drug-likeness (QED) is 0.833. The van der Waals surface area contributed by atoms with Crippen molar-refractivity contribution < 1.29 is 8.42 Å². The van der Waals surface area contributed by atoms with Gasteiger partial charge in [-0.1, -0.05) is 25.4 Å². The monoisotopic (exact) mass is 305 g/mol. The number of nitrogens with one attached hydrogen (secondary N) is 1. The van der Waals surface area contributed by atoms with Crippen molar-refractivity contribution in [1.29, 1.82) is 0 Å². The lowest BCUT2D eigenvalue weighted by Crippen LogP contribution is -2.41. The Kier molecular flexibility index (Phi) is 6.19. The molecule has 0 aromatic carbocycles. The lowest BCUT2D eigenvalue weighted by molar-refractivity contribution is 0.282. The minimum Gasteiger partial charge on any atom is -0.302 e. The summed E-state index contributed by atoms with van der Waals surface area (Å²) in [6, 6.07) is 1.27. The van der Waals surface area contributed by atoms with Gasteiger partial charge in [-0.3, -0.25) is 4.98 Å². The number of pyridine rings is 1. The molecule has 0 fully saturated rings. The summed E-state index contributed by atoms with van der Waals surface area (Å²) in [6.45, 7) is 8.35. The molecule has 1 aromatic rings. The molecule has 0 amide bonds. The average molecular weight is 306 g/mol. The molecule has 1 unspecified atom stereocenters. The van der Waals surface area contributed by atoms with Crippen molar-refractivity contribution >= 4 is 21.6 Å². The predicted octanol–water partition coefficient (Wildman–Crippen LogP) is 1.74. The molecule has 0 aliphatic carbocycles. The molecule has 7 heteroatoms. The number of sulfonamides is 1. The van der Waals surface area contributed by atoms with Crippen molar-refractivity contribution in [3.8, 4) is 0 Å². The fourth-order valence-electron chi connectivity index (χ4n) is 1.80. The van der Waals surface area contributed by atoms with E-state index in [1.54, 1.807) is 0 Å². The van der Waals surface area contributed by atoms with Gasteiger partial charge in [-0.05, 0) is 26.1 Å². The molecule has 108 valence electrons. The second-order valence-electron chi connectivity index (χ2n) is 4.31. The van der Waals surface area contributed by atoms with Crippen LogP contribution >= 0.6 is 11.6 Å². The van der Waals surface area contributed by atoms with Crippen LogP contribution in [0.15, 0.2) is 23.4 Å². The Bertz CT molecular complexity index is 503. The molecule has 1 atom stereocenters. The van der Waals surface area contributed by atoms with Gasteiger partial charge < -0.3 is 4.90 Å². The van der Waals surface area contributed by atoms with Crippen LogP contribution in [0.1, 0.15) is 20.8 Å². The molecule has 0 saturated carbocycles. The Morgan fingerprint density at radius 2 is 2.05 bits per heavy atom. The first-order valence-electron chi connectivity index (χ1n) is 6.24. The van der Waals surface area contributed by atoms with Crippen LogP contribution < -0.4 is 4.72 Å². The Labute approximate surface area is 120 Å². The van der Waals surface area contributed by atoms with E-state index in [-0.39, 0.29) is 16.0 Å². The van der Waals surface area contributed by atoms with E-state index in [0.717, 1.165) is 13.1 Å². The summed E-state index contributed by atoms with van der Waals surface area (Å²) < 4.78 is 27.0. The Morgan fingerprint density at radius 3 is 2.58 bits per heavy atom. The Hall–Kier alpha value is -0.690. The molecule has 1 aromatic heterocycles. The van der Waals surface area contributed by atoms with E-state index in [4.69, 9.17) is 11.6 Å². The van der Waals surface area contributed by atoms with Gasteiger partial charge >= 0.3 is 0 Å². The molecule has 1 rings (SSSR count). The van der Waals surface area contributed by atoms with Crippen LogP contribution in [0.4, 0.5) is 0 Å². The van der Waals surface area contributed by atoms with Gasteiger partial charge in [0.05, 0.1) is 5.02 Å². The largest absolute Gasteiger partial charge is 0.302 e. The fraction of sp³-hybridized carbons (Fsp3) is 0.583. The van der Waals surface area contributed by atoms with Crippen LogP contribution in [0.25, 0.3) is 0 Å². The highest BCUT2D eigenvalue weighted by Gasteiger charge is 2.21. The molecular weight excluding hydrogens is 286 g/mol. The summed E-state index contributed by atoms with van der Waals surface area (Å²) in [5.74, 6) is 0. The first kappa shape index (κ1) is 16.4. The lowest BCUT2D eigenvalue weighted by Gasteiger charge is -2.23. The molecular formula is C12H20ClN3O2S. The van der Waals surface area contributed by atoms with Crippen LogP contribution in [-0.2, 0) is 10.0 Å². The summed E-state index contributed by atoms with van der Waals surface area (Å²) in [5.41, 5.74) is 0. The van der Waals surface area contributed by atoms with E-state index in [9.17, 15) is 8.42 Å². The zero-order valence-electron chi connectivity index (χ0n) is 11.4. The van der Waals surface area contributed by atoms with Crippen molar-refractivity contribution in [2.75, 3.05) is 19.6 Å². The third kappa shape index (κ3) is 4.72. The average Bonchev–Trinajstić information content (AvgIpc) is 2.35. The van der Waals surface area contributed by atoms with E-state index >= 15 is 0 Å². The van der Waals surface area contributed by atoms with Crippen LogP contribution in [0.2, 0.25) is 5.02 Å². The highest BCUT2D eigenvalue weighted by Crippen LogP contribution is 2.19. The minimum absolute atomic E-state index is 0.0167. The third-order valence-corrected chi connectivity index (χ3v) is 4.87. The number of halogens is 1. The van der Waals surface area contributed by atoms with Crippen molar-refractivity contribution in [1.82, 2.24) is 14.6 Å². The summed E-state index contributed by atoms with van der Waals surface area (Å²) in [6.07, 6.45) is 2.72. The molecule has 0 radical (unpaired) electrons. The zero-order chi connectivity index (χ0) is 14.5. The van der Waals surface area contributed by atoms with Gasteiger partial charge in [-0.25, -0.2) is 13.1 Å². The highest BCUT2D eigenvalue weighted by molar-refractivity contribution is 7.89. The minimum atomic E-state index is -3.62. The molecule has 0 spiro atoms. The maximum atomic E-state index is 12.2. The van der Waals surface area contributed by atoms with Gasteiger partial charge in [0, 0.05) is 25.0 Å². The van der Waals surface area contributed by atoms with Gasteiger partial charge in [0.1, 0.15) is 4.90 Å². The number of hydrogen-bond donors (Lipinski definition) is 1. The Balaban J connectivity index is 2.78. The van der Waals surface area contributed by atoms with Crippen LogP contribution in [0, 0.1) is 0 Å². The van der Waals surface area contributed by atoms with Gasteiger partial charge in [-0.15, -0.1) is 0 Å². The number of rotatable bonds is 7. The Morgan fingerprint density at radius 1 is 1.42 bits per heavy atom. The van der Waals surface area contributed by atoms with Gasteiger partial charge in [0.2, 0.25) is 10.0 Å². The van der Waals surface area contributed by atoms with Crippen LogP contribution in [-0.4, -0.2) is 44.0 Å². The van der Waals surface area contributed by atoms with Crippen molar-refractivity contribution in [2.24, 2.45) is 0 Å². The number of aromatic nitrogens is 1.